The molecule has 0 radical (unpaired) electrons. The van der Waals surface area contributed by atoms with Crippen LogP contribution in [0.25, 0.3) is 33.8 Å². The Morgan fingerprint density at radius 2 is 1.36 bits per heavy atom. The molecule has 0 fully saturated rings. The van der Waals surface area contributed by atoms with E-state index in [9.17, 15) is 5.11 Å². The van der Waals surface area contributed by atoms with Crippen molar-refractivity contribution in [2.45, 2.75) is 0 Å². The molecule has 0 bridgehead atoms. The Hall–Kier alpha value is -3.53. The quantitative estimate of drug-likeness (QED) is 0.599. The van der Waals surface area contributed by atoms with E-state index < -0.39 is 0 Å². The van der Waals surface area contributed by atoms with E-state index in [1.54, 1.807) is 24.7 Å². The molecule has 3 heterocycles. The molecule has 0 aliphatic heterocycles. The van der Waals surface area contributed by atoms with Gasteiger partial charge in [0.05, 0.1) is 17.0 Å². The van der Waals surface area contributed by atoms with Crippen LogP contribution in [0.5, 0.6) is 5.75 Å². The topological polar surface area (TPSA) is 58.9 Å². The maximum absolute atomic E-state index is 10.5. The summed E-state index contributed by atoms with van der Waals surface area (Å²) in [4.78, 5) is 13.5. The third kappa shape index (κ3) is 2.85. The zero-order valence-corrected chi connectivity index (χ0v) is 13.4. The Morgan fingerprint density at radius 1 is 0.600 bits per heavy atom. The van der Waals surface area contributed by atoms with E-state index in [2.05, 4.69) is 15.0 Å². The minimum absolute atomic E-state index is 0.175. The predicted molar refractivity (Wildman–Crippen MR) is 97.8 cm³/mol. The molecular weight excluding hydrogens is 310 g/mol. The molecule has 0 atom stereocenters. The van der Waals surface area contributed by atoms with E-state index in [-0.39, 0.29) is 5.75 Å². The van der Waals surface area contributed by atoms with Crippen molar-refractivity contribution < 1.29 is 5.11 Å². The van der Waals surface area contributed by atoms with Crippen LogP contribution in [0.15, 0.2) is 85.3 Å². The molecule has 0 spiro atoms. The highest BCUT2D eigenvalue weighted by Gasteiger charge is 2.18. The van der Waals surface area contributed by atoms with Crippen molar-refractivity contribution in [3.05, 3.63) is 85.3 Å². The lowest BCUT2D eigenvalue weighted by Gasteiger charge is -2.13. The van der Waals surface area contributed by atoms with Crippen LogP contribution in [-0.4, -0.2) is 20.1 Å². The highest BCUT2D eigenvalue weighted by atomic mass is 16.3. The van der Waals surface area contributed by atoms with Crippen LogP contribution in [0, 0.1) is 0 Å². The van der Waals surface area contributed by atoms with Gasteiger partial charge >= 0.3 is 0 Å². The van der Waals surface area contributed by atoms with Crippen molar-refractivity contribution in [1.82, 2.24) is 15.0 Å². The Labute approximate surface area is 145 Å². The first-order chi connectivity index (χ1) is 12.3. The molecule has 4 aromatic rings. The maximum atomic E-state index is 10.5. The number of nitrogens with zero attached hydrogens (tertiary/aromatic N) is 3. The van der Waals surface area contributed by atoms with Crippen molar-refractivity contribution in [3.8, 4) is 39.5 Å². The van der Waals surface area contributed by atoms with Crippen LogP contribution in [0.4, 0.5) is 0 Å². The first-order valence-electron chi connectivity index (χ1n) is 7.95. The molecule has 4 heteroatoms. The van der Waals surface area contributed by atoms with Gasteiger partial charge in [0.2, 0.25) is 0 Å². The fourth-order valence-corrected chi connectivity index (χ4v) is 2.84. The molecule has 120 valence electrons. The highest BCUT2D eigenvalue weighted by Crippen LogP contribution is 2.39. The summed E-state index contributed by atoms with van der Waals surface area (Å²) >= 11 is 0. The summed E-state index contributed by atoms with van der Waals surface area (Å²) in [5.74, 6) is 0.175. The van der Waals surface area contributed by atoms with Crippen LogP contribution < -0.4 is 0 Å². The average molecular weight is 325 g/mol. The molecule has 0 unspecified atom stereocenters. The summed E-state index contributed by atoms with van der Waals surface area (Å²) in [6.07, 6.45) is 5.07. The Morgan fingerprint density at radius 3 is 2.16 bits per heavy atom. The second-order valence-electron chi connectivity index (χ2n) is 5.53. The van der Waals surface area contributed by atoms with Crippen LogP contribution in [-0.2, 0) is 0 Å². The van der Waals surface area contributed by atoms with Gasteiger partial charge in [0, 0.05) is 24.2 Å². The van der Waals surface area contributed by atoms with Gasteiger partial charge in [-0.15, -0.1) is 0 Å². The lowest BCUT2D eigenvalue weighted by molar-refractivity contribution is 0.477. The van der Waals surface area contributed by atoms with E-state index in [1.807, 2.05) is 60.7 Å². The SMILES string of the molecule is Oc1ccnc(-c2ncccc2-c2ccccn2)c1-c1ccccc1. The van der Waals surface area contributed by atoms with Gasteiger partial charge < -0.3 is 5.11 Å². The second kappa shape index (κ2) is 6.53. The third-order valence-electron chi connectivity index (χ3n) is 3.96. The number of hydrogen-bond donors (Lipinski definition) is 1. The summed E-state index contributed by atoms with van der Waals surface area (Å²) in [5.41, 5.74) is 4.57. The van der Waals surface area contributed by atoms with E-state index in [0.29, 0.717) is 17.0 Å². The first-order valence-corrected chi connectivity index (χ1v) is 7.95. The predicted octanol–water partition coefficient (Wildman–Crippen LogP) is 4.58. The van der Waals surface area contributed by atoms with Crippen LogP contribution >= 0.6 is 0 Å². The second-order valence-corrected chi connectivity index (χ2v) is 5.53. The lowest BCUT2D eigenvalue weighted by atomic mass is 9.98. The molecule has 0 aliphatic carbocycles. The minimum atomic E-state index is 0.175. The molecule has 0 aliphatic rings. The maximum Gasteiger partial charge on any atom is 0.127 e. The van der Waals surface area contributed by atoms with E-state index in [0.717, 1.165) is 16.8 Å². The van der Waals surface area contributed by atoms with Crippen molar-refractivity contribution >= 4 is 0 Å². The van der Waals surface area contributed by atoms with Crippen molar-refractivity contribution in [2.75, 3.05) is 0 Å². The van der Waals surface area contributed by atoms with Gasteiger partial charge in [-0.2, -0.15) is 0 Å². The van der Waals surface area contributed by atoms with Crippen molar-refractivity contribution in [3.63, 3.8) is 0 Å². The van der Waals surface area contributed by atoms with Crippen molar-refractivity contribution in [2.24, 2.45) is 0 Å². The molecule has 4 nitrogen and oxygen atoms in total. The van der Waals surface area contributed by atoms with E-state index in [4.69, 9.17) is 0 Å². The van der Waals surface area contributed by atoms with Gasteiger partial charge in [0.1, 0.15) is 11.4 Å². The van der Waals surface area contributed by atoms with Crippen LogP contribution in [0.3, 0.4) is 0 Å². The van der Waals surface area contributed by atoms with Gasteiger partial charge in [0.25, 0.3) is 0 Å². The van der Waals surface area contributed by atoms with Crippen molar-refractivity contribution in [1.29, 1.82) is 0 Å². The standard InChI is InChI=1S/C21H15N3O/c25-18-11-14-24-21(19(18)15-7-2-1-3-8-15)20-16(9-6-13-23-20)17-10-4-5-12-22-17/h1-14H,(H,24,25). The zero-order valence-electron chi connectivity index (χ0n) is 13.4. The smallest absolute Gasteiger partial charge is 0.127 e. The fourth-order valence-electron chi connectivity index (χ4n) is 2.84. The zero-order chi connectivity index (χ0) is 17.1. The summed E-state index contributed by atoms with van der Waals surface area (Å²) < 4.78 is 0. The Bertz CT molecular complexity index is 1000. The number of benzene rings is 1. The average Bonchev–Trinajstić information content (AvgIpc) is 2.69. The van der Waals surface area contributed by atoms with Gasteiger partial charge in [-0.25, -0.2) is 0 Å². The summed E-state index contributed by atoms with van der Waals surface area (Å²) in [5, 5.41) is 10.5. The minimum Gasteiger partial charge on any atom is -0.507 e. The molecule has 25 heavy (non-hydrogen) atoms. The highest BCUT2D eigenvalue weighted by molar-refractivity contribution is 5.89. The monoisotopic (exact) mass is 325 g/mol. The normalized spacial score (nSPS) is 10.6. The summed E-state index contributed by atoms with van der Waals surface area (Å²) in [6, 6.07) is 20.9. The number of rotatable bonds is 3. The van der Waals surface area contributed by atoms with Crippen LogP contribution in [0.2, 0.25) is 0 Å². The molecule has 3 aromatic heterocycles. The molecule has 1 aromatic carbocycles. The number of pyridine rings is 3. The number of hydrogen-bond acceptors (Lipinski definition) is 4. The molecule has 4 rings (SSSR count). The molecule has 1 N–H and O–H groups in total. The summed E-state index contributed by atoms with van der Waals surface area (Å²) in [6.45, 7) is 0. The first kappa shape index (κ1) is 15.0. The lowest BCUT2D eigenvalue weighted by Crippen LogP contribution is -1.96. The molecular formula is C21H15N3O. The van der Waals surface area contributed by atoms with Gasteiger partial charge in [0.15, 0.2) is 0 Å². The third-order valence-corrected chi connectivity index (χ3v) is 3.96. The number of aromatic nitrogens is 3. The van der Waals surface area contributed by atoms with Gasteiger partial charge in [-0.05, 0) is 35.9 Å². The molecule has 0 saturated carbocycles. The number of aromatic hydroxyl groups is 1. The summed E-state index contributed by atoms with van der Waals surface area (Å²) in [7, 11) is 0. The van der Waals surface area contributed by atoms with Crippen LogP contribution in [0.1, 0.15) is 0 Å². The van der Waals surface area contributed by atoms with Gasteiger partial charge in [-0.1, -0.05) is 36.4 Å². The largest absolute Gasteiger partial charge is 0.507 e. The Kier molecular flexibility index (Phi) is 3.92. The van der Waals surface area contributed by atoms with Gasteiger partial charge in [-0.3, -0.25) is 15.0 Å². The Balaban J connectivity index is 1.98. The van der Waals surface area contributed by atoms with E-state index in [1.165, 1.54) is 0 Å². The van der Waals surface area contributed by atoms with E-state index >= 15 is 0 Å². The molecule has 0 amide bonds. The molecule has 0 saturated heterocycles. The fraction of sp³-hybridized carbons (Fsp3) is 0.